The van der Waals surface area contributed by atoms with E-state index in [9.17, 15) is 4.79 Å². The van der Waals surface area contributed by atoms with Crippen molar-refractivity contribution in [1.82, 2.24) is 10.6 Å². The van der Waals surface area contributed by atoms with Gasteiger partial charge >= 0.3 is 0 Å². The predicted molar refractivity (Wildman–Crippen MR) is 132 cm³/mol. The van der Waals surface area contributed by atoms with Gasteiger partial charge in [0.2, 0.25) is 5.91 Å². The highest BCUT2D eigenvalue weighted by molar-refractivity contribution is 14.0. The van der Waals surface area contributed by atoms with Crippen LogP contribution in [0.5, 0.6) is 11.5 Å². The summed E-state index contributed by atoms with van der Waals surface area (Å²) in [6.07, 6.45) is 1.70. The molecule has 0 aliphatic carbocycles. The second kappa shape index (κ2) is 13.7. The van der Waals surface area contributed by atoms with Crippen LogP contribution in [0.2, 0.25) is 0 Å². The molecule has 2 rings (SSSR count). The van der Waals surface area contributed by atoms with E-state index in [4.69, 9.17) is 9.47 Å². The first-order valence-corrected chi connectivity index (χ1v) is 9.63. The molecular weight excluding hydrogens is 495 g/mol. The third-order valence-corrected chi connectivity index (χ3v) is 4.41. The van der Waals surface area contributed by atoms with Crippen molar-refractivity contribution in [3.8, 4) is 11.5 Å². The van der Waals surface area contributed by atoms with Gasteiger partial charge in [-0.1, -0.05) is 25.1 Å². The molecule has 0 aromatic heterocycles. The molecule has 2 aromatic carbocycles. The van der Waals surface area contributed by atoms with Gasteiger partial charge in [0, 0.05) is 19.3 Å². The highest BCUT2D eigenvalue weighted by atomic mass is 127. The second-order valence-corrected chi connectivity index (χ2v) is 6.39. The topological polar surface area (TPSA) is 84.0 Å². The minimum absolute atomic E-state index is 0. The molecule has 0 aliphatic heterocycles. The number of aryl methyl sites for hydroxylation is 1. The number of carbonyl (C=O) groups excluding carboxylic acids is 1. The van der Waals surface area contributed by atoms with Crippen LogP contribution in [-0.2, 0) is 17.6 Å². The Morgan fingerprint density at radius 2 is 1.77 bits per heavy atom. The zero-order valence-electron chi connectivity index (χ0n) is 18.0. The molecule has 0 spiro atoms. The van der Waals surface area contributed by atoms with Crippen LogP contribution in [0.4, 0.5) is 5.69 Å². The lowest BCUT2D eigenvalue weighted by molar-refractivity contribution is -0.115. The first-order chi connectivity index (χ1) is 14.1. The molecule has 3 N–H and O–H groups in total. The van der Waals surface area contributed by atoms with Crippen molar-refractivity contribution < 1.29 is 14.3 Å². The first-order valence-electron chi connectivity index (χ1n) is 9.63. The van der Waals surface area contributed by atoms with Gasteiger partial charge in [-0.25, -0.2) is 0 Å². The maximum absolute atomic E-state index is 12.2. The van der Waals surface area contributed by atoms with Crippen molar-refractivity contribution >= 4 is 41.5 Å². The standard InChI is InChI=1S/C22H30N4O3.HI/c1-5-16-7-6-8-18(13-16)26-21(27)15-25-22(23-2)24-12-11-17-9-10-19(28-3)20(14-17)29-4;/h6-10,13-14H,5,11-12,15H2,1-4H3,(H,26,27)(H2,23,24,25);1H. The fraction of sp³-hybridized carbons (Fsp3) is 0.364. The van der Waals surface area contributed by atoms with Crippen LogP contribution in [0.25, 0.3) is 0 Å². The monoisotopic (exact) mass is 526 g/mol. The lowest BCUT2D eigenvalue weighted by atomic mass is 10.1. The average Bonchev–Trinajstić information content (AvgIpc) is 2.75. The SMILES string of the molecule is CCc1cccc(NC(=O)CNC(=NC)NCCc2ccc(OC)c(OC)c2)c1.I. The van der Waals surface area contributed by atoms with E-state index in [1.165, 1.54) is 5.56 Å². The summed E-state index contributed by atoms with van der Waals surface area (Å²) in [6, 6.07) is 13.7. The van der Waals surface area contributed by atoms with Gasteiger partial charge in [0.25, 0.3) is 0 Å². The maximum Gasteiger partial charge on any atom is 0.243 e. The number of hydrogen-bond donors (Lipinski definition) is 3. The molecule has 0 atom stereocenters. The molecule has 0 saturated carbocycles. The summed E-state index contributed by atoms with van der Waals surface area (Å²) in [6.45, 7) is 2.88. The Morgan fingerprint density at radius 1 is 1.00 bits per heavy atom. The van der Waals surface area contributed by atoms with Crippen LogP contribution in [0.15, 0.2) is 47.5 Å². The summed E-state index contributed by atoms with van der Waals surface area (Å²) in [7, 11) is 4.91. The zero-order chi connectivity index (χ0) is 21.1. The van der Waals surface area contributed by atoms with Gasteiger partial charge in [0.15, 0.2) is 17.5 Å². The van der Waals surface area contributed by atoms with Crippen molar-refractivity contribution in [2.75, 3.05) is 39.7 Å². The fourth-order valence-electron chi connectivity index (χ4n) is 2.82. The number of ether oxygens (including phenoxy) is 2. The zero-order valence-corrected chi connectivity index (χ0v) is 20.3. The minimum Gasteiger partial charge on any atom is -0.493 e. The van der Waals surface area contributed by atoms with Gasteiger partial charge in [0.1, 0.15) is 0 Å². The van der Waals surface area contributed by atoms with Gasteiger partial charge in [0.05, 0.1) is 20.8 Å². The normalized spacial score (nSPS) is 10.6. The molecule has 30 heavy (non-hydrogen) atoms. The van der Waals surface area contributed by atoms with E-state index < -0.39 is 0 Å². The number of hydrogen-bond acceptors (Lipinski definition) is 4. The van der Waals surface area contributed by atoms with Crippen LogP contribution >= 0.6 is 24.0 Å². The van der Waals surface area contributed by atoms with Gasteiger partial charge in [-0.15, -0.1) is 24.0 Å². The minimum atomic E-state index is -0.124. The van der Waals surface area contributed by atoms with Crippen LogP contribution in [-0.4, -0.2) is 46.2 Å². The number of nitrogens with one attached hydrogen (secondary N) is 3. The molecule has 0 aliphatic rings. The Balaban J connectivity index is 0.00000450. The first kappa shape index (κ1) is 25.5. The molecule has 0 radical (unpaired) electrons. The number of guanidine groups is 1. The number of carbonyl (C=O) groups is 1. The highest BCUT2D eigenvalue weighted by Gasteiger charge is 2.07. The van der Waals surface area contributed by atoms with E-state index in [1.807, 2.05) is 42.5 Å². The Labute approximate surface area is 195 Å². The Bertz CT molecular complexity index is 843. The molecule has 0 unspecified atom stereocenters. The second-order valence-electron chi connectivity index (χ2n) is 6.39. The van der Waals surface area contributed by atoms with E-state index in [-0.39, 0.29) is 36.4 Å². The summed E-state index contributed by atoms with van der Waals surface area (Å²) in [4.78, 5) is 16.3. The smallest absolute Gasteiger partial charge is 0.243 e. The summed E-state index contributed by atoms with van der Waals surface area (Å²) in [5.41, 5.74) is 3.09. The van der Waals surface area contributed by atoms with Gasteiger partial charge in [-0.3, -0.25) is 9.79 Å². The van der Waals surface area contributed by atoms with Crippen molar-refractivity contribution in [1.29, 1.82) is 0 Å². The van der Waals surface area contributed by atoms with E-state index in [0.29, 0.717) is 24.0 Å². The molecular formula is C22H31IN4O3. The molecule has 0 bridgehead atoms. The van der Waals surface area contributed by atoms with Crippen LogP contribution in [0.1, 0.15) is 18.1 Å². The predicted octanol–water partition coefficient (Wildman–Crippen LogP) is 3.23. The number of anilines is 1. The van der Waals surface area contributed by atoms with E-state index in [2.05, 4.69) is 27.9 Å². The molecule has 164 valence electrons. The fourth-order valence-corrected chi connectivity index (χ4v) is 2.82. The van der Waals surface area contributed by atoms with Crippen LogP contribution in [0.3, 0.4) is 0 Å². The summed E-state index contributed by atoms with van der Waals surface area (Å²) < 4.78 is 10.6. The van der Waals surface area contributed by atoms with E-state index in [1.54, 1.807) is 21.3 Å². The lowest BCUT2D eigenvalue weighted by Gasteiger charge is -2.13. The van der Waals surface area contributed by atoms with Gasteiger partial charge in [-0.2, -0.15) is 0 Å². The van der Waals surface area contributed by atoms with E-state index in [0.717, 1.165) is 24.1 Å². The van der Waals surface area contributed by atoms with Crippen molar-refractivity contribution in [2.45, 2.75) is 19.8 Å². The number of nitrogens with zero attached hydrogens (tertiary/aromatic N) is 1. The summed E-state index contributed by atoms with van der Waals surface area (Å²) >= 11 is 0. The van der Waals surface area contributed by atoms with Crippen molar-refractivity contribution in [3.63, 3.8) is 0 Å². The maximum atomic E-state index is 12.2. The molecule has 0 saturated heterocycles. The number of aliphatic imine (C=N–C) groups is 1. The number of methoxy groups -OCH3 is 2. The largest absolute Gasteiger partial charge is 0.493 e. The molecule has 0 fully saturated rings. The third kappa shape index (κ3) is 8.10. The average molecular weight is 526 g/mol. The number of rotatable bonds is 9. The number of amides is 1. The Morgan fingerprint density at radius 3 is 2.43 bits per heavy atom. The quantitative estimate of drug-likeness (QED) is 0.266. The number of halogens is 1. The number of benzene rings is 2. The van der Waals surface area contributed by atoms with Gasteiger partial charge in [-0.05, 0) is 48.2 Å². The lowest BCUT2D eigenvalue weighted by Crippen LogP contribution is -2.42. The molecule has 1 amide bonds. The van der Waals surface area contributed by atoms with Crippen LogP contribution in [0, 0.1) is 0 Å². The van der Waals surface area contributed by atoms with Crippen molar-refractivity contribution in [2.24, 2.45) is 4.99 Å². The molecule has 8 heteroatoms. The van der Waals surface area contributed by atoms with Crippen LogP contribution < -0.4 is 25.4 Å². The van der Waals surface area contributed by atoms with Gasteiger partial charge < -0.3 is 25.4 Å². The Hall–Kier alpha value is -2.49. The Kier molecular flexibility index (Phi) is 11.7. The summed E-state index contributed by atoms with van der Waals surface area (Å²) in [5, 5.41) is 9.13. The van der Waals surface area contributed by atoms with Crippen molar-refractivity contribution in [3.05, 3.63) is 53.6 Å². The van der Waals surface area contributed by atoms with E-state index >= 15 is 0 Å². The third-order valence-electron chi connectivity index (χ3n) is 4.41. The highest BCUT2D eigenvalue weighted by Crippen LogP contribution is 2.27. The molecule has 7 nitrogen and oxygen atoms in total. The molecule has 0 heterocycles. The summed E-state index contributed by atoms with van der Waals surface area (Å²) in [5.74, 6) is 1.86. The molecule has 2 aromatic rings.